The van der Waals surface area contributed by atoms with Crippen molar-refractivity contribution in [3.05, 3.63) is 59.3 Å². The number of halogens is 3. The number of nitrogens with zero attached hydrogens (tertiary/aromatic N) is 2. The van der Waals surface area contributed by atoms with Crippen molar-refractivity contribution in [2.24, 2.45) is 0 Å². The van der Waals surface area contributed by atoms with E-state index in [1.807, 2.05) is 0 Å². The number of imidazole rings is 1. The molecule has 0 unspecified atom stereocenters. The highest BCUT2D eigenvalue weighted by Crippen LogP contribution is 2.31. The number of hydrogen-bond acceptors (Lipinski definition) is 2. The molecule has 0 saturated carbocycles. The number of carboxylic acids is 1. The van der Waals surface area contributed by atoms with E-state index < -0.39 is 23.4 Å². The van der Waals surface area contributed by atoms with Crippen molar-refractivity contribution < 1.29 is 23.1 Å². The predicted octanol–water partition coefficient (Wildman–Crippen LogP) is 4.24. The molecular weight excluding hydrogens is 321 g/mol. The summed E-state index contributed by atoms with van der Waals surface area (Å²) in [5.41, 5.74) is 0.187. The van der Waals surface area contributed by atoms with Gasteiger partial charge in [0.15, 0.2) is 17.3 Å². The van der Waals surface area contributed by atoms with Gasteiger partial charge in [-0.2, -0.15) is 0 Å². The molecule has 1 N–H and O–H groups in total. The summed E-state index contributed by atoms with van der Waals surface area (Å²) in [7, 11) is 0. The zero-order valence-electron chi connectivity index (χ0n) is 12.8. The van der Waals surface area contributed by atoms with Crippen molar-refractivity contribution in [1.82, 2.24) is 9.38 Å². The van der Waals surface area contributed by atoms with Crippen LogP contribution in [0.5, 0.6) is 0 Å². The minimum atomic E-state index is -1.32. The van der Waals surface area contributed by atoms with E-state index in [9.17, 15) is 23.1 Å². The van der Waals surface area contributed by atoms with Gasteiger partial charge in [0.25, 0.3) is 0 Å². The number of carboxylic acid groups (broad SMARTS) is 1. The van der Waals surface area contributed by atoms with Crippen LogP contribution in [-0.2, 0) is 0 Å². The Bertz CT molecular complexity index is 964. The van der Waals surface area contributed by atoms with Crippen LogP contribution in [0, 0.1) is 17.5 Å². The van der Waals surface area contributed by atoms with Gasteiger partial charge < -0.3 is 9.51 Å². The molecule has 24 heavy (non-hydrogen) atoms. The van der Waals surface area contributed by atoms with E-state index in [4.69, 9.17) is 0 Å². The van der Waals surface area contributed by atoms with E-state index >= 15 is 0 Å². The minimum absolute atomic E-state index is 0.114. The summed E-state index contributed by atoms with van der Waals surface area (Å²) in [5, 5.41) is 9.35. The topological polar surface area (TPSA) is 54.6 Å². The molecule has 2 heterocycles. The maximum atomic E-state index is 14.1. The molecule has 0 aliphatic carbocycles. The fourth-order valence-electron chi connectivity index (χ4n) is 2.76. The average Bonchev–Trinajstić information content (AvgIpc) is 2.90. The summed E-state index contributed by atoms with van der Waals surface area (Å²) in [6.45, 7) is 3.59. The summed E-state index contributed by atoms with van der Waals surface area (Å²) in [6, 6.07) is 4.30. The zero-order valence-corrected chi connectivity index (χ0v) is 12.8. The molecule has 1 aromatic carbocycles. The Morgan fingerprint density at radius 2 is 1.92 bits per heavy atom. The van der Waals surface area contributed by atoms with Gasteiger partial charge in [-0.1, -0.05) is 13.8 Å². The molecular formula is C17H13F3N2O2. The maximum absolute atomic E-state index is 14.1. The van der Waals surface area contributed by atoms with Crippen molar-refractivity contribution in [3.8, 4) is 11.1 Å². The molecule has 7 heteroatoms. The van der Waals surface area contributed by atoms with Crippen LogP contribution >= 0.6 is 0 Å². The molecule has 0 radical (unpaired) electrons. The van der Waals surface area contributed by atoms with E-state index in [0.29, 0.717) is 11.8 Å². The zero-order chi connectivity index (χ0) is 17.6. The van der Waals surface area contributed by atoms with E-state index in [2.05, 4.69) is 4.98 Å². The van der Waals surface area contributed by atoms with Crippen molar-refractivity contribution in [1.29, 1.82) is 0 Å². The first kappa shape index (κ1) is 16.0. The molecule has 0 aliphatic rings. The van der Waals surface area contributed by atoms with Gasteiger partial charge >= 0.3 is 5.97 Å². The van der Waals surface area contributed by atoms with Gasteiger partial charge in [-0.3, -0.25) is 0 Å². The van der Waals surface area contributed by atoms with E-state index in [1.165, 1.54) is 10.5 Å². The molecule has 3 aromatic rings. The third kappa shape index (κ3) is 2.42. The summed E-state index contributed by atoms with van der Waals surface area (Å²) >= 11 is 0. The van der Waals surface area contributed by atoms with Crippen LogP contribution in [0.15, 0.2) is 30.5 Å². The quantitative estimate of drug-likeness (QED) is 0.729. The lowest BCUT2D eigenvalue weighted by Gasteiger charge is -2.09. The van der Waals surface area contributed by atoms with Crippen molar-refractivity contribution >= 4 is 11.6 Å². The monoisotopic (exact) mass is 334 g/mol. The normalized spacial score (nSPS) is 11.4. The van der Waals surface area contributed by atoms with Crippen LogP contribution in [0.4, 0.5) is 13.2 Å². The lowest BCUT2D eigenvalue weighted by atomic mass is 10.1. The Labute approximate surface area is 135 Å². The largest absolute Gasteiger partial charge is 0.476 e. The third-order valence-electron chi connectivity index (χ3n) is 3.72. The van der Waals surface area contributed by atoms with Gasteiger partial charge in [0.05, 0.1) is 5.69 Å². The molecule has 0 spiro atoms. The first-order chi connectivity index (χ1) is 11.3. The Hall–Kier alpha value is -2.83. The van der Waals surface area contributed by atoms with Crippen molar-refractivity contribution in [2.45, 2.75) is 19.8 Å². The van der Waals surface area contributed by atoms with Crippen molar-refractivity contribution in [3.63, 3.8) is 0 Å². The number of aromatic nitrogens is 2. The number of carbonyl (C=O) groups is 1. The minimum Gasteiger partial charge on any atom is -0.476 e. The highest BCUT2D eigenvalue weighted by atomic mass is 19.2. The Morgan fingerprint density at radius 1 is 1.21 bits per heavy atom. The number of fused-ring (bicyclic) bond motifs is 1. The summed E-state index contributed by atoms with van der Waals surface area (Å²) in [6.07, 6.45) is 1.58. The molecule has 124 valence electrons. The number of hydrogen-bond donors (Lipinski definition) is 1. The molecule has 0 bridgehead atoms. The van der Waals surface area contributed by atoms with Gasteiger partial charge in [-0.25, -0.2) is 22.9 Å². The Morgan fingerprint density at radius 3 is 2.54 bits per heavy atom. The van der Waals surface area contributed by atoms with E-state index in [0.717, 1.165) is 6.07 Å². The molecule has 2 aromatic heterocycles. The van der Waals surface area contributed by atoms with Gasteiger partial charge in [0.2, 0.25) is 0 Å². The maximum Gasteiger partial charge on any atom is 0.356 e. The second-order valence-corrected chi connectivity index (χ2v) is 5.67. The smallest absolute Gasteiger partial charge is 0.356 e. The van der Waals surface area contributed by atoms with Gasteiger partial charge in [-0.05, 0) is 24.1 Å². The SMILES string of the molecule is CC(C)c1c(C(=O)O)nc2c(-c3cc(F)cc(F)c3F)cccn12. The first-order valence-electron chi connectivity index (χ1n) is 7.20. The average molecular weight is 334 g/mol. The van der Waals surface area contributed by atoms with Crippen LogP contribution in [0.2, 0.25) is 0 Å². The van der Waals surface area contributed by atoms with Crippen molar-refractivity contribution in [2.75, 3.05) is 0 Å². The second-order valence-electron chi connectivity index (χ2n) is 5.67. The molecule has 0 atom stereocenters. The highest BCUT2D eigenvalue weighted by Gasteiger charge is 2.23. The Balaban J connectivity index is 2.40. The first-order valence-corrected chi connectivity index (χ1v) is 7.20. The lowest BCUT2D eigenvalue weighted by molar-refractivity contribution is 0.0689. The fraction of sp³-hybridized carbons (Fsp3) is 0.176. The molecule has 0 aliphatic heterocycles. The standard InChI is InChI=1S/C17H13F3N2O2/c1-8(2)15-14(17(23)24)21-16-10(4-3-5-22(15)16)11-6-9(18)7-12(19)13(11)20/h3-8H,1-2H3,(H,23,24). The van der Waals surface area contributed by atoms with E-state index in [-0.39, 0.29) is 28.4 Å². The van der Waals surface area contributed by atoms with Gasteiger partial charge in [0.1, 0.15) is 11.5 Å². The lowest BCUT2D eigenvalue weighted by Crippen LogP contribution is -2.04. The summed E-state index contributed by atoms with van der Waals surface area (Å²) < 4.78 is 42.7. The number of aromatic carboxylic acids is 1. The number of pyridine rings is 1. The van der Waals surface area contributed by atoms with Gasteiger partial charge in [0, 0.05) is 23.4 Å². The molecule has 4 nitrogen and oxygen atoms in total. The van der Waals surface area contributed by atoms with Crippen LogP contribution in [-0.4, -0.2) is 20.5 Å². The van der Waals surface area contributed by atoms with Gasteiger partial charge in [-0.15, -0.1) is 0 Å². The van der Waals surface area contributed by atoms with Crippen LogP contribution < -0.4 is 0 Å². The van der Waals surface area contributed by atoms with Crippen LogP contribution in [0.3, 0.4) is 0 Å². The van der Waals surface area contributed by atoms with Crippen LogP contribution in [0.1, 0.15) is 35.9 Å². The fourth-order valence-corrected chi connectivity index (χ4v) is 2.76. The third-order valence-corrected chi connectivity index (χ3v) is 3.72. The second kappa shape index (κ2) is 5.67. The summed E-state index contributed by atoms with van der Waals surface area (Å²) in [4.78, 5) is 15.5. The summed E-state index contributed by atoms with van der Waals surface area (Å²) in [5.74, 6) is -4.86. The molecule has 0 fully saturated rings. The molecule has 3 rings (SSSR count). The Kier molecular flexibility index (Phi) is 3.79. The van der Waals surface area contributed by atoms with Crippen LogP contribution in [0.25, 0.3) is 16.8 Å². The predicted molar refractivity (Wildman–Crippen MR) is 81.6 cm³/mol. The number of rotatable bonds is 3. The number of benzene rings is 1. The molecule has 0 amide bonds. The highest BCUT2D eigenvalue weighted by molar-refractivity contribution is 5.90. The molecule has 0 saturated heterocycles. The van der Waals surface area contributed by atoms with E-state index in [1.54, 1.807) is 26.1 Å².